The molecular weight excluding hydrogens is 358 g/mol. The molecule has 0 saturated carbocycles. The second-order valence-electron chi connectivity index (χ2n) is 5.54. The van der Waals surface area contributed by atoms with Crippen molar-refractivity contribution < 1.29 is 14.5 Å². The van der Waals surface area contributed by atoms with Crippen LogP contribution in [0.4, 0.5) is 10.8 Å². The summed E-state index contributed by atoms with van der Waals surface area (Å²) in [5, 5.41) is 17.2. The van der Waals surface area contributed by atoms with Gasteiger partial charge in [-0.1, -0.05) is 0 Å². The highest BCUT2D eigenvalue weighted by Crippen LogP contribution is 2.21. The zero-order valence-corrected chi connectivity index (χ0v) is 14.6. The number of rotatable bonds is 6. The van der Waals surface area contributed by atoms with E-state index >= 15 is 0 Å². The number of hydrazone groups is 1. The lowest BCUT2D eigenvalue weighted by Gasteiger charge is -2.26. The number of ether oxygens (including phenoxy) is 1. The van der Waals surface area contributed by atoms with E-state index in [1.165, 1.54) is 29.7 Å². The Hall–Kier alpha value is -2.85. The quantitative estimate of drug-likeness (QED) is 0.466. The number of benzene rings is 1. The first kappa shape index (κ1) is 18.0. The molecule has 1 fully saturated rings. The van der Waals surface area contributed by atoms with E-state index in [9.17, 15) is 14.9 Å². The van der Waals surface area contributed by atoms with Crippen LogP contribution in [0.3, 0.4) is 0 Å². The Bertz CT molecular complexity index is 799. The molecule has 1 aliphatic heterocycles. The van der Waals surface area contributed by atoms with Crippen LogP contribution in [0.2, 0.25) is 0 Å². The van der Waals surface area contributed by atoms with Gasteiger partial charge in [-0.15, -0.1) is 11.3 Å². The van der Waals surface area contributed by atoms with Gasteiger partial charge in [0, 0.05) is 30.6 Å². The molecule has 0 radical (unpaired) electrons. The van der Waals surface area contributed by atoms with Crippen LogP contribution in [0.15, 0.2) is 34.7 Å². The normalized spacial score (nSPS) is 14.5. The summed E-state index contributed by atoms with van der Waals surface area (Å²) in [6, 6.07) is 5.88. The van der Waals surface area contributed by atoms with Gasteiger partial charge in [-0.05, 0) is 17.7 Å². The maximum absolute atomic E-state index is 11.9. The summed E-state index contributed by atoms with van der Waals surface area (Å²) in [6.07, 6.45) is 1.57. The van der Waals surface area contributed by atoms with E-state index in [0.29, 0.717) is 24.5 Å². The highest BCUT2D eigenvalue weighted by atomic mass is 32.1. The summed E-state index contributed by atoms with van der Waals surface area (Å²) >= 11 is 1.51. The molecule has 1 amide bonds. The van der Waals surface area contributed by atoms with Crippen molar-refractivity contribution in [3.05, 3.63) is 51.0 Å². The van der Waals surface area contributed by atoms with Gasteiger partial charge in [0.15, 0.2) is 5.13 Å². The fourth-order valence-corrected chi connectivity index (χ4v) is 3.22. The molecule has 0 unspecified atom stereocenters. The SMILES string of the molecule is O=C(Cc1csc(N2CCOCC2)n1)N/N=C\c1ccc([N+](=O)[O-])cc1. The topological polar surface area (TPSA) is 110 Å². The Morgan fingerprint density at radius 2 is 2.12 bits per heavy atom. The number of thiazole rings is 1. The number of amides is 1. The Balaban J connectivity index is 1.49. The molecule has 0 bridgehead atoms. The first-order valence-corrected chi connectivity index (χ1v) is 8.83. The van der Waals surface area contributed by atoms with Crippen molar-refractivity contribution in [2.24, 2.45) is 5.10 Å². The van der Waals surface area contributed by atoms with Gasteiger partial charge in [0.25, 0.3) is 5.69 Å². The number of aromatic nitrogens is 1. The molecular formula is C16H17N5O4S. The third-order valence-corrected chi connectivity index (χ3v) is 4.62. The summed E-state index contributed by atoms with van der Waals surface area (Å²) in [4.78, 5) is 28.7. The number of nitrogens with zero attached hydrogens (tertiary/aromatic N) is 4. The number of nitro benzene ring substituents is 1. The monoisotopic (exact) mass is 375 g/mol. The first-order chi connectivity index (χ1) is 12.6. The van der Waals surface area contributed by atoms with Gasteiger partial charge < -0.3 is 9.64 Å². The van der Waals surface area contributed by atoms with E-state index in [-0.39, 0.29) is 18.0 Å². The number of nitrogens with one attached hydrogen (secondary N) is 1. The van der Waals surface area contributed by atoms with E-state index in [1.54, 1.807) is 12.1 Å². The Morgan fingerprint density at radius 3 is 2.81 bits per heavy atom. The molecule has 136 valence electrons. The van der Waals surface area contributed by atoms with Crippen molar-refractivity contribution in [3.63, 3.8) is 0 Å². The van der Waals surface area contributed by atoms with Gasteiger partial charge in [-0.3, -0.25) is 14.9 Å². The van der Waals surface area contributed by atoms with E-state index in [0.717, 1.165) is 18.2 Å². The van der Waals surface area contributed by atoms with Crippen LogP contribution in [-0.2, 0) is 16.0 Å². The lowest BCUT2D eigenvalue weighted by Crippen LogP contribution is -2.36. The molecule has 0 spiro atoms. The number of carbonyl (C=O) groups excluding carboxylic acids is 1. The van der Waals surface area contributed by atoms with Gasteiger partial charge in [0.05, 0.1) is 36.5 Å². The van der Waals surface area contributed by atoms with Crippen LogP contribution in [0.25, 0.3) is 0 Å². The highest BCUT2D eigenvalue weighted by molar-refractivity contribution is 7.13. The van der Waals surface area contributed by atoms with E-state index in [2.05, 4.69) is 20.4 Å². The fraction of sp³-hybridized carbons (Fsp3) is 0.312. The highest BCUT2D eigenvalue weighted by Gasteiger charge is 2.15. The Morgan fingerprint density at radius 1 is 1.38 bits per heavy atom. The second-order valence-corrected chi connectivity index (χ2v) is 6.38. The lowest BCUT2D eigenvalue weighted by molar-refractivity contribution is -0.384. The molecule has 10 heteroatoms. The van der Waals surface area contributed by atoms with Crippen LogP contribution in [0, 0.1) is 10.1 Å². The summed E-state index contributed by atoms with van der Waals surface area (Å²) in [5.41, 5.74) is 3.78. The standard InChI is InChI=1S/C16H17N5O4S/c22-15(19-17-10-12-1-3-14(4-2-12)21(23)24)9-13-11-26-16(18-13)20-5-7-25-8-6-20/h1-4,10-11H,5-9H2,(H,19,22)/b17-10-. The summed E-state index contributed by atoms with van der Waals surface area (Å²) in [6.45, 7) is 2.98. The number of morpholine rings is 1. The largest absolute Gasteiger partial charge is 0.378 e. The van der Waals surface area contributed by atoms with E-state index in [4.69, 9.17) is 4.74 Å². The number of hydrogen-bond donors (Lipinski definition) is 1. The van der Waals surface area contributed by atoms with Crippen molar-refractivity contribution in [1.82, 2.24) is 10.4 Å². The third-order valence-electron chi connectivity index (χ3n) is 3.67. The summed E-state index contributed by atoms with van der Waals surface area (Å²) in [5.74, 6) is -0.276. The van der Waals surface area contributed by atoms with Crippen LogP contribution in [0.1, 0.15) is 11.3 Å². The van der Waals surface area contributed by atoms with Gasteiger partial charge in [-0.2, -0.15) is 5.10 Å². The molecule has 9 nitrogen and oxygen atoms in total. The molecule has 2 heterocycles. The minimum Gasteiger partial charge on any atom is -0.378 e. The molecule has 0 atom stereocenters. The fourth-order valence-electron chi connectivity index (χ4n) is 2.34. The molecule has 1 N–H and O–H groups in total. The van der Waals surface area contributed by atoms with Gasteiger partial charge in [0.1, 0.15) is 0 Å². The summed E-state index contributed by atoms with van der Waals surface area (Å²) in [7, 11) is 0. The third kappa shape index (κ3) is 4.83. The molecule has 26 heavy (non-hydrogen) atoms. The van der Waals surface area contributed by atoms with E-state index in [1.807, 2.05) is 5.38 Å². The van der Waals surface area contributed by atoms with Gasteiger partial charge in [0.2, 0.25) is 5.91 Å². The average Bonchev–Trinajstić information content (AvgIpc) is 3.11. The number of carbonyl (C=O) groups is 1. The molecule has 1 aromatic carbocycles. The zero-order valence-electron chi connectivity index (χ0n) is 13.8. The predicted octanol–water partition coefficient (Wildman–Crippen LogP) is 1.58. The molecule has 1 saturated heterocycles. The number of non-ortho nitro benzene ring substituents is 1. The van der Waals surface area contributed by atoms with Crippen LogP contribution >= 0.6 is 11.3 Å². The van der Waals surface area contributed by atoms with Crippen molar-refractivity contribution >= 4 is 34.3 Å². The molecule has 1 aromatic heterocycles. The van der Waals surface area contributed by atoms with Crippen molar-refractivity contribution in [2.75, 3.05) is 31.2 Å². The van der Waals surface area contributed by atoms with Gasteiger partial charge >= 0.3 is 0 Å². The first-order valence-electron chi connectivity index (χ1n) is 7.95. The van der Waals surface area contributed by atoms with Crippen molar-refractivity contribution in [3.8, 4) is 0 Å². The van der Waals surface area contributed by atoms with Crippen LogP contribution < -0.4 is 10.3 Å². The lowest BCUT2D eigenvalue weighted by atomic mass is 10.2. The molecule has 3 rings (SSSR count). The minimum absolute atomic E-state index is 0.00536. The zero-order chi connectivity index (χ0) is 18.4. The predicted molar refractivity (Wildman–Crippen MR) is 97.7 cm³/mol. The molecule has 2 aromatic rings. The summed E-state index contributed by atoms with van der Waals surface area (Å²) < 4.78 is 5.31. The smallest absolute Gasteiger partial charge is 0.269 e. The maximum atomic E-state index is 11.9. The molecule has 0 aliphatic carbocycles. The molecule has 1 aliphatic rings. The van der Waals surface area contributed by atoms with Crippen molar-refractivity contribution in [1.29, 1.82) is 0 Å². The minimum atomic E-state index is -0.471. The average molecular weight is 375 g/mol. The Kier molecular flexibility index (Phi) is 5.87. The van der Waals surface area contributed by atoms with Crippen molar-refractivity contribution in [2.45, 2.75) is 6.42 Å². The number of anilines is 1. The number of nitro groups is 1. The van der Waals surface area contributed by atoms with Crippen LogP contribution in [-0.4, -0.2) is 48.3 Å². The number of hydrogen-bond acceptors (Lipinski definition) is 8. The van der Waals surface area contributed by atoms with E-state index < -0.39 is 4.92 Å². The second kappa shape index (κ2) is 8.50. The maximum Gasteiger partial charge on any atom is 0.269 e. The van der Waals surface area contributed by atoms with Gasteiger partial charge in [-0.25, -0.2) is 10.4 Å². The Labute approximate surface area is 153 Å². The van der Waals surface area contributed by atoms with Crippen LogP contribution in [0.5, 0.6) is 0 Å².